The molecule has 2 nitrogen and oxygen atoms in total. The second-order valence-corrected chi connectivity index (χ2v) is 6.60. The van der Waals surface area contributed by atoms with Crippen LogP contribution in [0.4, 0.5) is 0 Å². The minimum Gasteiger partial charge on any atom is -0.393 e. The molecular formula is C12H18BrNOS. The van der Waals surface area contributed by atoms with Crippen molar-refractivity contribution in [1.82, 2.24) is 4.90 Å². The Labute approximate surface area is 109 Å². The fraction of sp³-hybridized carbons (Fsp3) is 0.667. The van der Waals surface area contributed by atoms with Crippen LogP contribution in [0.5, 0.6) is 0 Å². The lowest BCUT2D eigenvalue weighted by atomic mass is 10.1. The van der Waals surface area contributed by atoms with Crippen LogP contribution in [-0.4, -0.2) is 29.7 Å². The van der Waals surface area contributed by atoms with Crippen molar-refractivity contribution in [2.24, 2.45) is 5.92 Å². The molecule has 2 unspecified atom stereocenters. The SMILES string of the molecule is CN(Cc1cc(Br)cs1)CC1CCCC1O. The summed E-state index contributed by atoms with van der Waals surface area (Å²) in [5, 5.41) is 11.9. The summed E-state index contributed by atoms with van der Waals surface area (Å²) in [6.45, 7) is 2.00. The fourth-order valence-electron chi connectivity index (χ4n) is 2.40. The lowest BCUT2D eigenvalue weighted by molar-refractivity contribution is 0.108. The van der Waals surface area contributed by atoms with E-state index in [9.17, 15) is 5.11 Å². The van der Waals surface area contributed by atoms with Crippen LogP contribution in [0.3, 0.4) is 0 Å². The van der Waals surface area contributed by atoms with E-state index in [1.54, 1.807) is 11.3 Å². The van der Waals surface area contributed by atoms with Crippen LogP contribution in [0.15, 0.2) is 15.9 Å². The molecule has 1 fully saturated rings. The first kappa shape index (κ1) is 12.6. The van der Waals surface area contributed by atoms with Crippen LogP contribution in [0, 0.1) is 5.92 Å². The van der Waals surface area contributed by atoms with Gasteiger partial charge in [0.15, 0.2) is 0 Å². The highest BCUT2D eigenvalue weighted by molar-refractivity contribution is 9.10. The molecule has 0 radical (unpaired) electrons. The van der Waals surface area contributed by atoms with Gasteiger partial charge in [-0.1, -0.05) is 6.42 Å². The van der Waals surface area contributed by atoms with Crippen LogP contribution in [-0.2, 0) is 6.54 Å². The van der Waals surface area contributed by atoms with Gasteiger partial charge in [-0.2, -0.15) is 0 Å². The van der Waals surface area contributed by atoms with E-state index in [4.69, 9.17) is 0 Å². The van der Waals surface area contributed by atoms with Gasteiger partial charge in [0.05, 0.1) is 6.10 Å². The number of hydrogen-bond donors (Lipinski definition) is 1. The zero-order valence-corrected chi connectivity index (χ0v) is 11.9. The average molecular weight is 304 g/mol. The summed E-state index contributed by atoms with van der Waals surface area (Å²) < 4.78 is 1.17. The number of rotatable bonds is 4. The predicted molar refractivity (Wildman–Crippen MR) is 71.7 cm³/mol. The summed E-state index contributed by atoms with van der Waals surface area (Å²) in [5.74, 6) is 0.480. The Kier molecular flexibility index (Phi) is 4.41. The van der Waals surface area contributed by atoms with Crippen molar-refractivity contribution in [3.05, 3.63) is 20.8 Å². The number of hydrogen-bond acceptors (Lipinski definition) is 3. The Hall–Kier alpha value is 0.1000. The van der Waals surface area contributed by atoms with Gasteiger partial charge in [-0.25, -0.2) is 0 Å². The summed E-state index contributed by atoms with van der Waals surface area (Å²) >= 11 is 5.26. The maximum Gasteiger partial charge on any atom is 0.0580 e. The lowest BCUT2D eigenvalue weighted by Crippen LogP contribution is -2.29. The van der Waals surface area contributed by atoms with Crippen molar-refractivity contribution < 1.29 is 5.11 Å². The molecule has 0 amide bonds. The number of halogens is 1. The summed E-state index contributed by atoms with van der Waals surface area (Å²) in [5.41, 5.74) is 0. The van der Waals surface area contributed by atoms with Crippen molar-refractivity contribution in [3.8, 4) is 0 Å². The number of aliphatic hydroxyl groups is 1. The van der Waals surface area contributed by atoms with E-state index in [-0.39, 0.29) is 6.10 Å². The Balaban J connectivity index is 1.82. The minimum absolute atomic E-state index is 0.0717. The Bertz CT molecular complexity index is 342. The molecule has 1 N–H and O–H groups in total. The van der Waals surface area contributed by atoms with E-state index in [1.807, 2.05) is 0 Å². The van der Waals surface area contributed by atoms with E-state index in [0.29, 0.717) is 5.92 Å². The van der Waals surface area contributed by atoms with Gasteiger partial charge in [-0.05, 0) is 47.8 Å². The third-order valence-electron chi connectivity index (χ3n) is 3.21. The van der Waals surface area contributed by atoms with Gasteiger partial charge in [0, 0.05) is 27.8 Å². The van der Waals surface area contributed by atoms with Crippen LogP contribution < -0.4 is 0 Å². The van der Waals surface area contributed by atoms with Gasteiger partial charge in [-0.3, -0.25) is 0 Å². The molecule has 0 saturated heterocycles. The molecule has 1 aliphatic carbocycles. The second-order valence-electron chi connectivity index (χ2n) is 4.69. The highest BCUT2D eigenvalue weighted by atomic mass is 79.9. The topological polar surface area (TPSA) is 23.5 Å². The zero-order valence-electron chi connectivity index (χ0n) is 9.53. The molecule has 1 saturated carbocycles. The van der Waals surface area contributed by atoms with E-state index in [1.165, 1.54) is 22.2 Å². The monoisotopic (exact) mass is 303 g/mol. The molecule has 0 aliphatic heterocycles. The third-order valence-corrected chi connectivity index (χ3v) is 4.90. The van der Waals surface area contributed by atoms with Gasteiger partial charge in [0.1, 0.15) is 0 Å². The first-order chi connectivity index (χ1) is 7.65. The van der Waals surface area contributed by atoms with E-state index in [2.05, 4.69) is 39.3 Å². The number of thiophene rings is 1. The smallest absolute Gasteiger partial charge is 0.0580 e. The molecule has 0 aromatic carbocycles. The van der Waals surface area contributed by atoms with Crippen molar-refractivity contribution in [3.63, 3.8) is 0 Å². The maximum atomic E-state index is 9.78. The molecule has 2 atom stereocenters. The van der Waals surface area contributed by atoms with E-state index in [0.717, 1.165) is 19.5 Å². The minimum atomic E-state index is -0.0717. The van der Waals surface area contributed by atoms with Gasteiger partial charge >= 0.3 is 0 Å². The summed E-state index contributed by atoms with van der Waals surface area (Å²) in [4.78, 5) is 3.69. The fourth-order valence-corrected chi connectivity index (χ4v) is 3.93. The molecule has 1 aromatic rings. The zero-order chi connectivity index (χ0) is 11.5. The van der Waals surface area contributed by atoms with Crippen molar-refractivity contribution in [2.75, 3.05) is 13.6 Å². The summed E-state index contributed by atoms with van der Waals surface area (Å²) in [6, 6.07) is 2.17. The summed E-state index contributed by atoms with van der Waals surface area (Å²) in [7, 11) is 2.14. The van der Waals surface area contributed by atoms with Gasteiger partial charge in [0.25, 0.3) is 0 Å². The highest BCUT2D eigenvalue weighted by Gasteiger charge is 2.26. The van der Waals surface area contributed by atoms with Gasteiger partial charge in [-0.15, -0.1) is 11.3 Å². The molecular weight excluding hydrogens is 286 g/mol. The normalized spacial score (nSPS) is 25.5. The second kappa shape index (κ2) is 5.63. The molecule has 2 rings (SSSR count). The molecule has 1 heterocycles. The molecule has 1 aromatic heterocycles. The molecule has 90 valence electrons. The molecule has 0 spiro atoms. The van der Waals surface area contributed by atoms with Crippen molar-refractivity contribution in [1.29, 1.82) is 0 Å². The highest BCUT2D eigenvalue weighted by Crippen LogP contribution is 2.27. The standard InChI is InChI=1S/C12H18BrNOS/c1-14(6-9-3-2-4-12(9)15)7-11-5-10(13)8-16-11/h5,8-9,12,15H,2-4,6-7H2,1H3. The van der Waals surface area contributed by atoms with Crippen LogP contribution in [0.25, 0.3) is 0 Å². The Morgan fingerprint density at radius 2 is 2.38 bits per heavy atom. The Morgan fingerprint density at radius 1 is 1.56 bits per heavy atom. The average Bonchev–Trinajstić information content (AvgIpc) is 2.77. The number of aliphatic hydroxyl groups excluding tert-OH is 1. The van der Waals surface area contributed by atoms with Crippen molar-refractivity contribution in [2.45, 2.75) is 31.9 Å². The lowest BCUT2D eigenvalue weighted by Gasteiger charge is -2.22. The molecule has 16 heavy (non-hydrogen) atoms. The molecule has 4 heteroatoms. The van der Waals surface area contributed by atoms with Crippen molar-refractivity contribution >= 4 is 27.3 Å². The van der Waals surface area contributed by atoms with Crippen LogP contribution in [0.1, 0.15) is 24.1 Å². The third kappa shape index (κ3) is 3.29. The predicted octanol–water partition coefficient (Wildman–Crippen LogP) is 3.10. The molecule has 1 aliphatic rings. The first-order valence-corrected chi connectivity index (χ1v) is 7.42. The summed E-state index contributed by atoms with van der Waals surface area (Å²) in [6.07, 6.45) is 3.28. The van der Waals surface area contributed by atoms with E-state index >= 15 is 0 Å². The largest absolute Gasteiger partial charge is 0.393 e. The Morgan fingerprint density at radius 3 is 2.94 bits per heavy atom. The van der Waals surface area contributed by atoms with Crippen LogP contribution in [0.2, 0.25) is 0 Å². The first-order valence-electron chi connectivity index (χ1n) is 5.74. The maximum absolute atomic E-state index is 9.78. The number of nitrogens with zero attached hydrogens (tertiary/aromatic N) is 1. The van der Waals surface area contributed by atoms with E-state index < -0.39 is 0 Å². The van der Waals surface area contributed by atoms with Gasteiger partial charge < -0.3 is 10.0 Å². The van der Waals surface area contributed by atoms with Gasteiger partial charge in [0.2, 0.25) is 0 Å². The quantitative estimate of drug-likeness (QED) is 0.924. The molecule has 0 bridgehead atoms. The van der Waals surface area contributed by atoms with Crippen LogP contribution >= 0.6 is 27.3 Å².